The Labute approximate surface area is 135 Å². The average molecular weight is 308 g/mol. The second-order valence-electron chi connectivity index (χ2n) is 5.60. The Kier molecular flexibility index (Phi) is 4.33. The predicted octanol–water partition coefficient (Wildman–Crippen LogP) is 3.46. The summed E-state index contributed by atoms with van der Waals surface area (Å²) in [5.74, 6) is 0.680. The second-order valence-corrected chi connectivity index (χ2v) is 5.60. The molecule has 3 aromatic rings. The molecule has 4 heteroatoms. The first-order valence-corrected chi connectivity index (χ1v) is 7.66. The number of H-pyrrole nitrogens is 1. The molecule has 4 nitrogen and oxygen atoms in total. The van der Waals surface area contributed by atoms with Crippen LogP contribution in [-0.2, 0) is 6.42 Å². The first-order chi connectivity index (χ1) is 11.2. The van der Waals surface area contributed by atoms with E-state index in [1.807, 2.05) is 6.20 Å². The van der Waals surface area contributed by atoms with Gasteiger partial charge in [0.2, 0.25) is 0 Å². The largest absolute Gasteiger partial charge is 0.497 e. The molecule has 0 aliphatic carbocycles. The highest BCUT2D eigenvalue weighted by atomic mass is 16.5. The highest BCUT2D eigenvalue weighted by molar-refractivity contribution is 5.94. The van der Waals surface area contributed by atoms with Crippen LogP contribution in [0.1, 0.15) is 21.5 Å². The van der Waals surface area contributed by atoms with Crippen molar-refractivity contribution in [3.05, 3.63) is 65.4 Å². The van der Waals surface area contributed by atoms with Crippen LogP contribution in [-0.4, -0.2) is 24.5 Å². The van der Waals surface area contributed by atoms with E-state index in [-0.39, 0.29) is 5.91 Å². The van der Waals surface area contributed by atoms with E-state index in [0.29, 0.717) is 12.1 Å². The van der Waals surface area contributed by atoms with Crippen molar-refractivity contribution in [3.8, 4) is 5.75 Å². The summed E-state index contributed by atoms with van der Waals surface area (Å²) >= 11 is 0. The van der Waals surface area contributed by atoms with E-state index < -0.39 is 0 Å². The maximum Gasteiger partial charge on any atom is 0.251 e. The zero-order valence-corrected chi connectivity index (χ0v) is 13.3. The number of aromatic amines is 1. The fourth-order valence-electron chi connectivity index (χ4n) is 2.65. The van der Waals surface area contributed by atoms with Gasteiger partial charge >= 0.3 is 0 Å². The SMILES string of the molecule is COc1ccc(C(=O)NCCc2c[nH]c3ccc(C)cc23)cc1. The molecule has 0 spiro atoms. The molecule has 0 aliphatic rings. The van der Waals surface area contributed by atoms with Gasteiger partial charge in [-0.3, -0.25) is 4.79 Å². The molecule has 118 valence electrons. The number of amides is 1. The van der Waals surface area contributed by atoms with E-state index in [2.05, 4.69) is 35.4 Å². The molecule has 0 atom stereocenters. The standard InChI is InChI=1S/C19H20N2O2/c1-13-3-8-18-17(11-13)15(12-21-18)9-10-20-19(22)14-4-6-16(23-2)7-5-14/h3-8,11-12,21H,9-10H2,1-2H3,(H,20,22). The number of fused-ring (bicyclic) bond motifs is 1. The van der Waals surface area contributed by atoms with Gasteiger partial charge in [-0.2, -0.15) is 0 Å². The molecule has 1 heterocycles. The van der Waals surface area contributed by atoms with Crippen LogP contribution >= 0.6 is 0 Å². The molecule has 0 fully saturated rings. The lowest BCUT2D eigenvalue weighted by atomic mass is 10.1. The Balaban J connectivity index is 1.61. The average Bonchev–Trinajstić information content (AvgIpc) is 2.97. The lowest BCUT2D eigenvalue weighted by Crippen LogP contribution is -2.25. The van der Waals surface area contributed by atoms with Gasteiger partial charge in [-0.25, -0.2) is 0 Å². The number of carbonyl (C=O) groups excluding carboxylic acids is 1. The number of carbonyl (C=O) groups is 1. The fourth-order valence-corrected chi connectivity index (χ4v) is 2.65. The Hall–Kier alpha value is -2.75. The molecule has 0 saturated heterocycles. The van der Waals surface area contributed by atoms with Crippen LogP contribution in [0.15, 0.2) is 48.7 Å². The Morgan fingerprint density at radius 1 is 1.17 bits per heavy atom. The number of rotatable bonds is 5. The number of hydrogen-bond donors (Lipinski definition) is 2. The molecule has 1 aromatic heterocycles. The van der Waals surface area contributed by atoms with Crippen LogP contribution in [0.4, 0.5) is 0 Å². The minimum Gasteiger partial charge on any atom is -0.497 e. The highest BCUT2D eigenvalue weighted by Gasteiger charge is 2.07. The van der Waals surface area contributed by atoms with Gasteiger partial charge in [-0.1, -0.05) is 11.6 Å². The van der Waals surface area contributed by atoms with E-state index in [0.717, 1.165) is 17.7 Å². The summed E-state index contributed by atoms with van der Waals surface area (Å²) in [6.45, 7) is 2.69. The Morgan fingerprint density at radius 2 is 1.96 bits per heavy atom. The third-order valence-corrected chi connectivity index (χ3v) is 3.96. The van der Waals surface area contributed by atoms with Crippen LogP contribution in [0, 0.1) is 6.92 Å². The summed E-state index contributed by atoms with van der Waals surface area (Å²) < 4.78 is 5.09. The van der Waals surface area contributed by atoms with Gasteiger partial charge in [0.25, 0.3) is 5.91 Å². The molecule has 3 rings (SSSR count). The topological polar surface area (TPSA) is 54.1 Å². The summed E-state index contributed by atoms with van der Waals surface area (Å²) in [5, 5.41) is 4.19. The zero-order valence-electron chi connectivity index (χ0n) is 13.3. The number of nitrogens with one attached hydrogen (secondary N) is 2. The summed E-state index contributed by atoms with van der Waals surface area (Å²) in [5.41, 5.74) is 4.23. The molecule has 2 aromatic carbocycles. The van der Waals surface area contributed by atoms with Gasteiger partial charge in [-0.05, 0) is 55.3 Å². The van der Waals surface area contributed by atoms with Crippen LogP contribution in [0.5, 0.6) is 5.75 Å². The monoisotopic (exact) mass is 308 g/mol. The molecule has 2 N–H and O–H groups in total. The smallest absolute Gasteiger partial charge is 0.251 e. The fraction of sp³-hybridized carbons (Fsp3) is 0.211. The predicted molar refractivity (Wildman–Crippen MR) is 92.1 cm³/mol. The van der Waals surface area contributed by atoms with Crippen molar-refractivity contribution in [1.29, 1.82) is 0 Å². The van der Waals surface area contributed by atoms with E-state index in [4.69, 9.17) is 4.74 Å². The molecule has 23 heavy (non-hydrogen) atoms. The van der Waals surface area contributed by atoms with Gasteiger partial charge < -0.3 is 15.0 Å². The number of aryl methyl sites for hydroxylation is 1. The number of aromatic nitrogens is 1. The summed E-state index contributed by atoms with van der Waals surface area (Å²) in [6.07, 6.45) is 2.81. The first-order valence-electron chi connectivity index (χ1n) is 7.66. The van der Waals surface area contributed by atoms with Crippen molar-refractivity contribution in [2.75, 3.05) is 13.7 Å². The third kappa shape index (κ3) is 3.37. The van der Waals surface area contributed by atoms with Crippen molar-refractivity contribution >= 4 is 16.8 Å². The quantitative estimate of drug-likeness (QED) is 0.758. The zero-order chi connectivity index (χ0) is 16.2. The number of methoxy groups -OCH3 is 1. The number of benzene rings is 2. The Bertz CT molecular complexity index is 819. The van der Waals surface area contributed by atoms with Crippen LogP contribution < -0.4 is 10.1 Å². The summed E-state index contributed by atoms with van der Waals surface area (Å²) in [4.78, 5) is 15.4. The van der Waals surface area contributed by atoms with Gasteiger partial charge in [0.1, 0.15) is 5.75 Å². The first kappa shape index (κ1) is 15.2. The Morgan fingerprint density at radius 3 is 2.70 bits per heavy atom. The van der Waals surface area contributed by atoms with Gasteiger partial charge in [0.15, 0.2) is 0 Å². The van der Waals surface area contributed by atoms with Crippen LogP contribution in [0.3, 0.4) is 0 Å². The molecule has 0 unspecified atom stereocenters. The normalized spacial score (nSPS) is 10.7. The minimum atomic E-state index is -0.0660. The van der Waals surface area contributed by atoms with Crippen molar-refractivity contribution < 1.29 is 9.53 Å². The van der Waals surface area contributed by atoms with Gasteiger partial charge in [-0.15, -0.1) is 0 Å². The number of ether oxygens (including phenoxy) is 1. The molecule has 1 amide bonds. The lowest BCUT2D eigenvalue weighted by Gasteiger charge is -2.06. The molecule has 0 saturated carbocycles. The van der Waals surface area contributed by atoms with Gasteiger partial charge in [0, 0.05) is 29.2 Å². The number of hydrogen-bond acceptors (Lipinski definition) is 2. The molecule has 0 bridgehead atoms. The maximum atomic E-state index is 12.1. The summed E-state index contributed by atoms with van der Waals surface area (Å²) in [6, 6.07) is 13.5. The summed E-state index contributed by atoms with van der Waals surface area (Å²) in [7, 11) is 1.61. The van der Waals surface area contributed by atoms with Crippen molar-refractivity contribution in [3.63, 3.8) is 0 Å². The van der Waals surface area contributed by atoms with Crippen molar-refractivity contribution in [1.82, 2.24) is 10.3 Å². The molecule has 0 radical (unpaired) electrons. The van der Waals surface area contributed by atoms with E-state index in [1.54, 1.807) is 31.4 Å². The van der Waals surface area contributed by atoms with Crippen LogP contribution in [0.2, 0.25) is 0 Å². The van der Waals surface area contributed by atoms with Gasteiger partial charge in [0.05, 0.1) is 7.11 Å². The molecular formula is C19H20N2O2. The van der Waals surface area contributed by atoms with Crippen LogP contribution in [0.25, 0.3) is 10.9 Å². The van der Waals surface area contributed by atoms with E-state index >= 15 is 0 Å². The van der Waals surface area contributed by atoms with Crippen molar-refractivity contribution in [2.45, 2.75) is 13.3 Å². The van der Waals surface area contributed by atoms with E-state index in [1.165, 1.54) is 16.5 Å². The molecule has 0 aliphatic heterocycles. The maximum absolute atomic E-state index is 12.1. The van der Waals surface area contributed by atoms with E-state index in [9.17, 15) is 4.79 Å². The minimum absolute atomic E-state index is 0.0660. The lowest BCUT2D eigenvalue weighted by molar-refractivity contribution is 0.0954. The third-order valence-electron chi connectivity index (χ3n) is 3.96. The highest BCUT2D eigenvalue weighted by Crippen LogP contribution is 2.20. The molecular weight excluding hydrogens is 288 g/mol. The second kappa shape index (κ2) is 6.57. The van der Waals surface area contributed by atoms with Crippen molar-refractivity contribution in [2.24, 2.45) is 0 Å².